The Morgan fingerprint density at radius 3 is 2.71 bits per heavy atom. The first kappa shape index (κ1) is 15.5. The zero-order valence-electron chi connectivity index (χ0n) is 11.7. The van der Waals surface area contributed by atoms with Gasteiger partial charge in [-0.2, -0.15) is 0 Å². The van der Waals surface area contributed by atoms with Crippen molar-refractivity contribution in [2.24, 2.45) is 0 Å². The van der Waals surface area contributed by atoms with Gasteiger partial charge in [0.2, 0.25) is 6.79 Å². The van der Waals surface area contributed by atoms with Crippen LogP contribution < -0.4 is 14.2 Å². The topological polar surface area (TPSA) is 94.5 Å². The lowest BCUT2D eigenvalue weighted by Gasteiger charge is -2.22. The average Bonchev–Trinajstić information content (AvgIpc) is 2.46. The van der Waals surface area contributed by atoms with Crippen LogP contribution in [0.5, 0.6) is 17.2 Å². The molecule has 0 unspecified atom stereocenters. The third-order valence-electron chi connectivity index (χ3n) is 2.82. The highest BCUT2D eigenvalue weighted by atomic mass is 16.7. The van der Waals surface area contributed by atoms with Crippen molar-refractivity contribution in [2.75, 3.05) is 19.9 Å². The van der Waals surface area contributed by atoms with Crippen LogP contribution in [-0.4, -0.2) is 43.0 Å². The molecule has 7 nitrogen and oxygen atoms in total. The van der Waals surface area contributed by atoms with Gasteiger partial charge in [-0.3, -0.25) is 0 Å². The van der Waals surface area contributed by atoms with Crippen LogP contribution in [0.15, 0.2) is 12.1 Å². The minimum absolute atomic E-state index is 0.155. The zero-order valence-corrected chi connectivity index (χ0v) is 11.7. The number of carbonyl (C=O) groups is 1. The maximum Gasteiger partial charge on any atom is 0.491 e. The summed E-state index contributed by atoms with van der Waals surface area (Å²) in [6, 6.07) is 3.13. The number of ether oxygens (including phenoxy) is 4. The van der Waals surface area contributed by atoms with E-state index in [9.17, 15) is 4.79 Å². The van der Waals surface area contributed by atoms with Gasteiger partial charge in [0, 0.05) is 0 Å². The molecule has 8 heteroatoms. The van der Waals surface area contributed by atoms with Crippen molar-refractivity contribution in [3.8, 4) is 17.2 Å². The summed E-state index contributed by atoms with van der Waals surface area (Å²) >= 11 is 0. The molecule has 1 aliphatic heterocycles. The van der Waals surface area contributed by atoms with Crippen molar-refractivity contribution in [2.45, 2.75) is 19.8 Å². The molecule has 2 rings (SSSR count). The Labute approximate surface area is 122 Å². The maximum absolute atomic E-state index is 11.9. The minimum atomic E-state index is -1.61. The Morgan fingerprint density at radius 1 is 1.24 bits per heavy atom. The molecule has 1 aromatic carbocycles. The van der Waals surface area contributed by atoms with Crippen molar-refractivity contribution in [3.63, 3.8) is 0 Å². The van der Waals surface area contributed by atoms with Crippen LogP contribution in [0, 0.1) is 0 Å². The number of fused-ring (bicyclic) bond motifs is 1. The van der Waals surface area contributed by atoms with Crippen LogP contribution in [0.1, 0.15) is 30.1 Å². The highest BCUT2D eigenvalue weighted by Gasteiger charge is 2.29. The van der Waals surface area contributed by atoms with Crippen molar-refractivity contribution in [1.82, 2.24) is 0 Å². The monoisotopic (exact) mass is 296 g/mol. The van der Waals surface area contributed by atoms with E-state index < -0.39 is 13.1 Å². The van der Waals surface area contributed by atoms with Gasteiger partial charge >= 0.3 is 13.1 Å². The van der Waals surface area contributed by atoms with Gasteiger partial charge in [0.1, 0.15) is 17.8 Å². The highest BCUT2D eigenvalue weighted by molar-refractivity contribution is 6.40. The zero-order chi connectivity index (χ0) is 15.2. The SMILES string of the molecule is CCCCOc1ccc(OCB(O)O)c2c1C(=O)OCO2. The van der Waals surface area contributed by atoms with Crippen molar-refractivity contribution in [3.05, 3.63) is 17.7 Å². The molecule has 114 valence electrons. The standard InChI is InChI=1S/C13H17BO7/c1-2-3-6-18-9-4-5-10(19-7-14(16)17)12-11(9)13(15)21-8-20-12/h4-5,16-17H,2-3,6-8H2,1H3. The van der Waals surface area contributed by atoms with Gasteiger partial charge in [0.15, 0.2) is 11.5 Å². The van der Waals surface area contributed by atoms with Crippen LogP contribution in [-0.2, 0) is 4.74 Å². The van der Waals surface area contributed by atoms with E-state index in [1.807, 2.05) is 6.92 Å². The molecule has 0 amide bonds. The molecule has 0 atom stereocenters. The Bertz CT molecular complexity index is 504. The van der Waals surface area contributed by atoms with Gasteiger partial charge in [-0.15, -0.1) is 0 Å². The number of hydrogen-bond donors (Lipinski definition) is 2. The van der Waals surface area contributed by atoms with Gasteiger partial charge in [0.05, 0.1) is 6.61 Å². The molecule has 0 aliphatic carbocycles. The predicted molar refractivity (Wildman–Crippen MR) is 73.4 cm³/mol. The number of hydrogen-bond acceptors (Lipinski definition) is 7. The van der Waals surface area contributed by atoms with E-state index in [4.69, 9.17) is 29.0 Å². The van der Waals surface area contributed by atoms with E-state index in [1.54, 1.807) is 12.1 Å². The van der Waals surface area contributed by atoms with Gasteiger partial charge in [-0.25, -0.2) is 4.79 Å². The summed E-state index contributed by atoms with van der Waals surface area (Å²) < 4.78 is 20.9. The van der Waals surface area contributed by atoms with Gasteiger partial charge in [-0.1, -0.05) is 13.3 Å². The first-order valence-corrected chi connectivity index (χ1v) is 6.72. The first-order chi connectivity index (χ1) is 10.1. The smallest absolute Gasteiger partial charge is 0.491 e. The summed E-state index contributed by atoms with van der Waals surface area (Å²) in [4.78, 5) is 11.9. The van der Waals surface area contributed by atoms with E-state index in [0.717, 1.165) is 12.8 Å². The number of unbranched alkanes of at least 4 members (excludes halogenated alkanes) is 1. The maximum atomic E-state index is 11.9. The minimum Gasteiger partial charge on any atom is -0.493 e. The molecule has 2 N–H and O–H groups in total. The molecule has 0 radical (unpaired) electrons. The number of benzene rings is 1. The molecule has 1 aromatic rings. The Morgan fingerprint density at radius 2 is 2.00 bits per heavy atom. The second-order valence-electron chi connectivity index (χ2n) is 4.45. The molecular weight excluding hydrogens is 279 g/mol. The first-order valence-electron chi connectivity index (χ1n) is 6.72. The molecule has 0 aromatic heterocycles. The summed E-state index contributed by atoms with van der Waals surface area (Å²) in [6.45, 7) is 1.96. The van der Waals surface area contributed by atoms with E-state index in [1.165, 1.54) is 0 Å². The number of cyclic esters (lactones) is 1. The van der Waals surface area contributed by atoms with Crippen molar-refractivity contribution in [1.29, 1.82) is 0 Å². The van der Waals surface area contributed by atoms with Gasteiger partial charge in [0.25, 0.3) is 0 Å². The summed E-state index contributed by atoms with van der Waals surface area (Å²) in [6.07, 6.45) is 1.83. The third-order valence-corrected chi connectivity index (χ3v) is 2.82. The summed E-state index contributed by atoms with van der Waals surface area (Å²) in [5.41, 5.74) is 0.155. The van der Waals surface area contributed by atoms with Crippen molar-refractivity contribution >= 4 is 13.1 Å². The van der Waals surface area contributed by atoms with E-state index in [-0.39, 0.29) is 30.4 Å². The number of esters is 1. The number of carbonyl (C=O) groups excluding carboxylic acids is 1. The third kappa shape index (κ3) is 3.80. The van der Waals surface area contributed by atoms with Crippen LogP contribution in [0.25, 0.3) is 0 Å². The fourth-order valence-electron chi connectivity index (χ4n) is 1.82. The molecule has 0 bridgehead atoms. The normalized spacial score (nSPS) is 13.0. The predicted octanol–water partition coefficient (Wildman–Crippen LogP) is 0.763. The van der Waals surface area contributed by atoms with Gasteiger partial charge < -0.3 is 29.0 Å². The Balaban J connectivity index is 2.26. The second kappa shape index (κ2) is 7.19. The molecule has 0 saturated heterocycles. The lowest BCUT2D eigenvalue weighted by molar-refractivity contribution is 0.00304. The lowest BCUT2D eigenvalue weighted by Crippen LogP contribution is -2.24. The molecule has 1 heterocycles. The fourth-order valence-corrected chi connectivity index (χ4v) is 1.82. The van der Waals surface area contributed by atoms with E-state index in [2.05, 4.69) is 0 Å². The fraction of sp³-hybridized carbons (Fsp3) is 0.462. The second-order valence-corrected chi connectivity index (χ2v) is 4.45. The molecule has 0 saturated carbocycles. The molecule has 0 spiro atoms. The van der Waals surface area contributed by atoms with Crippen LogP contribution in [0.4, 0.5) is 0 Å². The summed E-state index contributed by atoms with van der Waals surface area (Å²) in [5.74, 6) is 0.233. The van der Waals surface area contributed by atoms with Gasteiger partial charge in [-0.05, 0) is 18.6 Å². The van der Waals surface area contributed by atoms with Crippen LogP contribution >= 0.6 is 0 Å². The number of rotatable bonds is 7. The molecule has 21 heavy (non-hydrogen) atoms. The molecular formula is C13H17BO7. The van der Waals surface area contributed by atoms with Crippen LogP contribution in [0.3, 0.4) is 0 Å². The quantitative estimate of drug-likeness (QED) is 0.436. The molecule has 1 aliphatic rings. The Kier molecular flexibility index (Phi) is 5.29. The highest BCUT2D eigenvalue weighted by Crippen LogP contribution is 2.40. The summed E-state index contributed by atoms with van der Waals surface area (Å²) in [7, 11) is -1.61. The lowest BCUT2D eigenvalue weighted by atomic mass is 9.95. The molecule has 0 fully saturated rings. The van der Waals surface area contributed by atoms with E-state index in [0.29, 0.717) is 12.4 Å². The Hall–Kier alpha value is -1.93. The van der Waals surface area contributed by atoms with Crippen LogP contribution in [0.2, 0.25) is 0 Å². The van der Waals surface area contributed by atoms with Crippen molar-refractivity contribution < 1.29 is 33.8 Å². The average molecular weight is 296 g/mol. The largest absolute Gasteiger partial charge is 0.493 e. The van der Waals surface area contributed by atoms with E-state index >= 15 is 0 Å². The summed E-state index contributed by atoms with van der Waals surface area (Å²) in [5, 5.41) is 17.7.